The van der Waals surface area contributed by atoms with Gasteiger partial charge in [0, 0.05) is 19.6 Å². The van der Waals surface area contributed by atoms with Crippen LogP contribution in [0.25, 0.3) is 0 Å². The number of likely N-dealkylation sites (tertiary alicyclic amines) is 2. The molecule has 140 valence electrons. The Labute approximate surface area is 152 Å². The van der Waals surface area contributed by atoms with Gasteiger partial charge in [0.15, 0.2) is 0 Å². The quantitative estimate of drug-likeness (QED) is 0.889. The molecular weight excluding hydrogens is 336 g/mol. The van der Waals surface area contributed by atoms with Gasteiger partial charge in [-0.3, -0.25) is 14.5 Å². The second kappa shape index (κ2) is 8.21. The maximum atomic E-state index is 12.8. The third-order valence-corrected chi connectivity index (χ3v) is 5.13. The topological polar surface area (TPSA) is 87.2 Å². The number of piperidine rings is 1. The number of ether oxygens (including phenoxy) is 1. The molecule has 1 atom stereocenters. The highest BCUT2D eigenvalue weighted by atomic mass is 16.6. The maximum absolute atomic E-state index is 12.8. The van der Waals surface area contributed by atoms with Crippen molar-refractivity contribution in [2.75, 3.05) is 19.6 Å². The van der Waals surface area contributed by atoms with Crippen LogP contribution in [0.15, 0.2) is 30.3 Å². The van der Waals surface area contributed by atoms with Crippen molar-refractivity contribution in [2.45, 2.75) is 38.3 Å². The summed E-state index contributed by atoms with van der Waals surface area (Å²) in [6.07, 6.45) is 1.85. The van der Waals surface area contributed by atoms with E-state index in [1.165, 1.54) is 4.90 Å². The van der Waals surface area contributed by atoms with Gasteiger partial charge in [0.2, 0.25) is 5.91 Å². The van der Waals surface area contributed by atoms with Crippen LogP contribution in [0.3, 0.4) is 0 Å². The van der Waals surface area contributed by atoms with Crippen molar-refractivity contribution in [2.24, 2.45) is 5.92 Å². The fraction of sp³-hybridized carbons (Fsp3) is 0.526. The predicted octanol–water partition coefficient (Wildman–Crippen LogP) is 2.11. The molecule has 7 nitrogen and oxygen atoms in total. The molecular formula is C19H24N2O5. The summed E-state index contributed by atoms with van der Waals surface area (Å²) < 4.78 is 5.37. The average molecular weight is 360 g/mol. The fourth-order valence-corrected chi connectivity index (χ4v) is 3.60. The lowest BCUT2D eigenvalue weighted by Crippen LogP contribution is -2.50. The van der Waals surface area contributed by atoms with Gasteiger partial charge in [-0.15, -0.1) is 0 Å². The Morgan fingerprint density at radius 3 is 2.38 bits per heavy atom. The van der Waals surface area contributed by atoms with Crippen LogP contribution in [0.4, 0.5) is 4.79 Å². The first-order valence-electron chi connectivity index (χ1n) is 9.05. The van der Waals surface area contributed by atoms with Crippen molar-refractivity contribution in [3.05, 3.63) is 35.9 Å². The summed E-state index contributed by atoms with van der Waals surface area (Å²) in [5.41, 5.74) is 0.902. The van der Waals surface area contributed by atoms with Gasteiger partial charge >= 0.3 is 12.1 Å². The van der Waals surface area contributed by atoms with E-state index >= 15 is 0 Å². The number of carboxylic acid groups (broad SMARTS) is 1. The summed E-state index contributed by atoms with van der Waals surface area (Å²) in [5, 5.41) is 9.07. The highest BCUT2D eigenvalue weighted by Crippen LogP contribution is 2.24. The molecule has 0 unspecified atom stereocenters. The van der Waals surface area contributed by atoms with E-state index in [1.54, 1.807) is 4.90 Å². The average Bonchev–Trinajstić information content (AvgIpc) is 3.16. The normalized spacial score (nSPS) is 20.8. The SMILES string of the molecule is O=C(O)C1CCN(C(=O)[C@H]2CCCN2C(=O)OCc2ccccc2)CC1. The summed E-state index contributed by atoms with van der Waals surface area (Å²) in [6.45, 7) is 1.55. The Bertz CT molecular complexity index is 655. The van der Waals surface area contributed by atoms with Crippen LogP contribution in [-0.4, -0.2) is 58.6 Å². The number of benzene rings is 1. The summed E-state index contributed by atoms with van der Waals surface area (Å²) in [5.74, 6) is -1.28. The zero-order chi connectivity index (χ0) is 18.5. The van der Waals surface area contributed by atoms with Gasteiger partial charge in [-0.1, -0.05) is 30.3 Å². The van der Waals surface area contributed by atoms with Gasteiger partial charge in [-0.2, -0.15) is 0 Å². The van der Waals surface area contributed by atoms with E-state index < -0.39 is 18.1 Å². The molecule has 0 bridgehead atoms. The number of carbonyl (C=O) groups is 3. The highest BCUT2D eigenvalue weighted by Gasteiger charge is 2.38. The smallest absolute Gasteiger partial charge is 0.410 e. The van der Waals surface area contributed by atoms with Crippen LogP contribution < -0.4 is 0 Å². The minimum absolute atomic E-state index is 0.0944. The number of nitrogens with zero attached hydrogens (tertiary/aromatic N) is 2. The Morgan fingerprint density at radius 1 is 1.04 bits per heavy atom. The molecule has 2 saturated heterocycles. The Kier molecular flexibility index (Phi) is 5.75. The number of amides is 2. The largest absolute Gasteiger partial charge is 0.481 e. The molecule has 2 aliphatic heterocycles. The lowest BCUT2D eigenvalue weighted by molar-refractivity contribution is -0.146. The van der Waals surface area contributed by atoms with Crippen molar-refractivity contribution >= 4 is 18.0 Å². The van der Waals surface area contributed by atoms with Crippen LogP contribution >= 0.6 is 0 Å². The van der Waals surface area contributed by atoms with E-state index in [4.69, 9.17) is 9.84 Å². The van der Waals surface area contributed by atoms with Crippen LogP contribution in [0, 0.1) is 5.92 Å². The molecule has 2 heterocycles. The third-order valence-electron chi connectivity index (χ3n) is 5.13. The number of hydrogen-bond donors (Lipinski definition) is 1. The molecule has 1 N–H and O–H groups in total. The first-order valence-corrected chi connectivity index (χ1v) is 9.05. The van der Waals surface area contributed by atoms with Crippen molar-refractivity contribution in [3.8, 4) is 0 Å². The van der Waals surface area contributed by atoms with E-state index in [0.717, 1.165) is 12.0 Å². The lowest BCUT2D eigenvalue weighted by Gasteiger charge is -2.34. The number of rotatable bonds is 4. The number of carbonyl (C=O) groups excluding carboxylic acids is 2. The van der Waals surface area contributed by atoms with Crippen molar-refractivity contribution in [1.29, 1.82) is 0 Å². The lowest BCUT2D eigenvalue weighted by atomic mass is 9.96. The minimum Gasteiger partial charge on any atom is -0.481 e. The molecule has 2 aliphatic rings. The summed E-state index contributed by atoms with van der Waals surface area (Å²) >= 11 is 0. The van der Waals surface area contributed by atoms with E-state index in [0.29, 0.717) is 38.9 Å². The predicted molar refractivity (Wildman–Crippen MR) is 93.3 cm³/mol. The Morgan fingerprint density at radius 2 is 1.73 bits per heavy atom. The molecule has 0 saturated carbocycles. The minimum atomic E-state index is -0.802. The van der Waals surface area contributed by atoms with Crippen LogP contribution in [0.5, 0.6) is 0 Å². The van der Waals surface area contributed by atoms with Crippen molar-refractivity contribution < 1.29 is 24.2 Å². The van der Waals surface area contributed by atoms with E-state index in [2.05, 4.69) is 0 Å². The van der Waals surface area contributed by atoms with Gasteiger partial charge < -0.3 is 14.7 Å². The standard InChI is InChI=1S/C19H24N2O5/c22-17(20-11-8-15(9-12-20)18(23)24)16-7-4-10-21(16)19(25)26-13-14-5-2-1-3-6-14/h1-3,5-6,15-16H,4,7-13H2,(H,23,24)/t16-/m1/s1. The molecule has 3 rings (SSSR count). The molecule has 0 aliphatic carbocycles. The Hall–Kier alpha value is -2.57. The zero-order valence-corrected chi connectivity index (χ0v) is 14.7. The maximum Gasteiger partial charge on any atom is 0.410 e. The fourth-order valence-electron chi connectivity index (χ4n) is 3.60. The molecule has 1 aromatic carbocycles. The molecule has 0 aromatic heterocycles. The number of aliphatic carboxylic acids is 1. The van der Waals surface area contributed by atoms with Crippen molar-refractivity contribution in [3.63, 3.8) is 0 Å². The van der Waals surface area contributed by atoms with Gasteiger partial charge in [0.05, 0.1) is 5.92 Å². The highest BCUT2D eigenvalue weighted by molar-refractivity contribution is 5.86. The molecule has 2 fully saturated rings. The van der Waals surface area contributed by atoms with Gasteiger partial charge in [-0.25, -0.2) is 4.79 Å². The summed E-state index contributed by atoms with van der Waals surface area (Å²) in [6, 6.07) is 8.92. The second-order valence-corrected chi connectivity index (χ2v) is 6.83. The first-order chi connectivity index (χ1) is 12.6. The van der Waals surface area contributed by atoms with Crippen LogP contribution in [0.1, 0.15) is 31.2 Å². The first kappa shape index (κ1) is 18.2. The van der Waals surface area contributed by atoms with E-state index in [1.807, 2.05) is 30.3 Å². The number of hydrogen-bond acceptors (Lipinski definition) is 4. The third kappa shape index (κ3) is 4.15. The molecule has 0 spiro atoms. The van der Waals surface area contributed by atoms with Crippen LogP contribution in [-0.2, 0) is 20.9 Å². The van der Waals surface area contributed by atoms with E-state index in [9.17, 15) is 14.4 Å². The molecule has 2 amide bonds. The number of carboxylic acids is 1. The summed E-state index contributed by atoms with van der Waals surface area (Å²) in [7, 11) is 0. The van der Waals surface area contributed by atoms with Gasteiger partial charge in [-0.05, 0) is 31.2 Å². The summed E-state index contributed by atoms with van der Waals surface area (Å²) in [4.78, 5) is 39.4. The molecule has 1 aromatic rings. The Balaban J connectivity index is 1.54. The van der Waals surface area contributed by atoms with Gasteiger partial charge in [0.1, 0.15) is 12.6 Å². The van der Waals surface area contributed by atoms with E-state index in [-0.39, 0.29) is 18.4 Å². The van der Waals surface area contributed by atoms with Gasteiger partial charge in [0.25, 0.3) is 0 Å². The molecule has 26 heavy (non-hydrogen) atoms. The monoisotopic (exact) mass is 360 g/mol. The zero-order valence-electron chi connectivity index (χ0n) is 14.7. The molecule has 7 heteroatoms. The van der Waals surface area contributed by atoms with Crippen LogP contribution in [0.2, 0.25) is 0 Å². The second-order valence-electron chi connectivity index (χ2n) is 6.83. The molecule has 0 radical (unpaired) electrons. The van der Waals surface area contributed by atoms with Crippen molar-refractivity contribution in [1.82, 2.24) is 9.80 Å².